The molecule has 8 heteroatoms. The minimum absolute atomic E-state index is 0.171. The zero-order valence-electron chi connectivity index (χ0n) is 15.8. The molecule has 3 rings (SSSR count). The zero-order valence-corrected chi connectivity index (χ0v) is 16.6. The van der Waals surface area contributed by atoms with E-state index in [1.807, 2.05) is 18.2 Å². The van der Waals surface area contributed by atoms with Crippen LogP contribution in [0.4, 0.5) is 5.69 Å². The smallest absolute Gasteiger partial charge is 0.255 e. The summed E-state index contributed by atoms with van der Waals surface area (Å²) in [4.78, 5) is 26.7. The van der Waals surface area contributed by atoms with Crippen molar-refractivity contribution in [3.05, 3.63) is 65.7 Å². The normalized spacial score (nSPS) is 17.9. The second-order valence-electron chi connectivity index (χ2n) is 6.87. The number of carbonyl (C=O) groups is 2. The minimum atomic E-state index is -3.28. The molecule has 0 aliphatic carbocycles. The number of carbonyl (C=O) groups excluding carboxylic acids is 2. The van der Waals surface area contributed by atoms with Gasteiger partial charge in [0.1, 0.15) is 0 Å². The summed E-state index contributed by atoms with van der Waals surface area (Å²) in [6.07, 6.45) is 1.18. The molecule has 0 unspecified atom stereocenters. The molecule has 0 aromatic heterocycles. The molecule has 1 heterocycles. The van der Waals surface area contributed by atoms with Crippen molar-refractivity contribution < 1.29 is 18.0 Å². The lowest BCUT2D eigenvalue weighted by molar-refractivity contribution is 0.0642. The van der Waals surface area contributed by atoms with Crippen molar-refractivity contribution in [1.29, 1.82) is 0 Å². The number of para-hydroxylation sites is 1. The lowest BCUT2D eigenvalue weighted by Gasteiger charge is -2.38. The summed E-state index contributed by atoms with van der Waals surface area (Å²) in [6, 6.07) is 15.3. The van der Waals surface area contributed by atoms with E-state index >= 15 is 0 Å². The molecule has 1 N–H and O–H groups in total. The highest BCUT2D eigenvalue weighted by Gasteiger charge is 2.32. The average Bonchev–Trinajstić information content (AvgIpc) is 2.67. The Kier molecular flexibility index (Phi) is 5.81. The molecular formula is C20H23N3O4S. The summed E-state index contributed by atoms with van der Waals surface area (Å²) in [5.74, 6) is -0.421. The number of hydrogen-bond donors (Lipinski definition) is 1. The van der Waals surface area contributed by atoms with Crippen molar-refractivity contribution in [3.8, 4) is 0 Å². The van der Waals surface area contributed by atoms with E-state index < -0.39 is 10.0 Å². The zero-order chi connectivity index (χ0) is 20.3. The van der Waals surface area contributed by atoms with Crippen molar-refractivity contribution >= 4 is 27.5 Å². The summed E-state index contributed by atoms with van der Waals surface area (Å²) in [7, 11) is -3.28. The Bertz CT molecular complexity index is 959. The molecule has 148 valence electrons. The summed E-state index contributed by atoms with van der Waals surface area (Å²) >= 11 is 0. The molecule has 1 saturated heterocycles. The fourth-order valence-electron chi connectivity index (χ4n) is 3.29. The van der Waals surface area contributed by atoms with Gasteiger partial charge in [0.2, 0.25) is 10.0 Å². The third kappa shape index (κ3) is 4.58. The third-order valence-corrected chi connectivity index (χ3v) is 6.10. The van der Waals surface area contributed by atoms with E-state index in [0.717, 1.165) is 0 Å². The van der Waals surface area contributed by atoms with Crippen molar-refractivity contribution in [2.24, 2.45) is 0 Å². The molecular weight excluding hydrogens is 378 g/mol. The van der Waals surface area contributed by atoms with Gasteiger partial charge in [-0.3, -0.25) is 9.59 Å². The molecule has 0 spiro atoms. The Morgan fingerprint density at radius 1 is 0.964 bits per heavy atom. The first-order chi connectivity index (χ1) is 13.3. The first kappa shape index (κ1) is 20.0. The SMILES string of the molecule is C[C@H]1CN(C(=O)c2ccc(C(=O)Nc3ccccc3)cc2)CCN1S(C)(=O)=O. The summed E-state index contributed by atoms with van der Waals surface area (Å²) < 4.78 is 24.9. The van der Waals surface area contributed by atoms with Gasteiger partial charge < -0.3 is 10.2 Å². The highest BCUT2D eigenvalue weighted by molar-refractivity contribution is 7.88. The van der Waals surface area contributed by atoms with Crippen LogP contribution >= 0.6 is 0 Å². The van der Waals surface area contributed by atoms with Crippen LogP contribution in [-0.2, 0) is 10.0 Å². The van der Waals surface area contributed by atoms with E-state index in [-0.39, 0.29) is 24.4 Å². The van der Waals surface area contributed by atoms with Gasteiger partial charge >= 0.3 is 0 Å². The van der Waals surface area contributed by atoms with Gasteiger partial charge in [0.25, 0.3) is 11.8 Å². The maximum Gasteiger partial charge on any atom is 0.255 e. The number of rotatable bonds is 4. The van der Waals surface area contributed by atoms with Crippen molar-refractivity contribution in [3.63, 3.8) is 0 Å². The monoisotopic (exact) mass is 401 g/mol. The summed E-state index contributed by atoms with van der Waals surface area (Å²) in [5, 5.41) is 2.80. The number of hydrogen-bond acceptors (Lipinski definition) is 4. The second kappa shape index (κ2) is 8.12. The van der Waals surface area contributed by atoms with Gasteiger partial charge in [0.05, 0.1) is 6.26 Å². The van der Waals surface area contributed by atoms with Crippen LogP contribution in [0.15, 0.2) is 54.6 Å². The van der Waals surface area contributed by atoms with E-state index in [0.29, 0.717) is 29.9 Å². The molecule has 1 atom stereocenters. The van der Waals surface area contributed by atoms with Gasteiger partial charge in [0.15, 0.2) is 0 Å². The van der Waals surface area contributed by atoms with E-state index in [2.05, 4.69) is 5.32 Å². The number of sulfonamides is 1. The lowest BCUT2D eigenvalue weighted by atomic mass is 10.1. The Hall–Kier alpha value is -2.71. The predicted octanol–water partition coefficient (Wildman–Crippen LogP) is 2.04. The molecule has 28 heavy (non-hydrogen) atoms. The number of piperazine rings is 1. The van der Waals surface area contributed by atoms with Crippen LogP contribution in [0.1, 0.15) is 27.6 Å². The lowest BCUT2D eigenvalue weighted by Crippen LogP contribution is -2.55. The number of anilines is 1. The van der Waals surface area contributed by atoms with Gasteiger partial charge in [-0.15, -0.1) is 0 Å². The molecule has 2 aromatic carbocycles. The van der Waals surface area contributed by atoms with Crippen LogP contribution in [0.2, 0.25) is 0 Å². The summed E-state index contributed by atoms with van der Waals surface area (Å²) in [6.45, 7) is 2.75. The molecule has 1 aliphatic heterocycles. The molecule has 2 amide bonds. The fourth-order valence-corrected chi connectivity index (χ4v) is 4.42. The maximum atomic E-state index is 12.7. The van der Waals surface area contributed by atoms with Crippen LogP contribution < -0.4 is 5.32 Å². The molecule has 7 nitrogen and oxygen atoms in total. The number of amides is 2. The molecule has 0 saturated carbocycles. The highest BCUT2D eigenvalue weighted by atomic mass is 32.2. The topological polar surface area (TPSA) is 86.8 Å². The van der Waals surface area contributed by atoms with Gasteiger partial charge in [-0.25, -0.2) is 8.42 Å². The number of nitrogens with one attached hydrogen (secondary N) is 1. The molecule has 1 aliphatic rings. The largest absolute Gasteiger partial charge is 0.336 e. The van der Waals surface area contributed by atoms with E-state index in [9.17, 15) is 18.0 Å². The van der Waals surface area contributed by atoms with Gasteiger partial charge in [-0.05, 0) is 43.3 Å². The van der Waals surface area contributed by atoms with Crippen molar-refractivity contribution in [2.75, 3.05) is 31.2 Å². The highest BCUT2D eigenvalue weighted by Crippen LogP contribution is 2.17. The van der Waals surface area contributed by atoms with Crippen molar-refractivity contribution in [1.82, 2.24) is 9.21 Å². The summed E-state index contributed by atoms with van der Waals surface area (Å²) in [5.41, 5.74) is 1.62. The van der Waals surface area contributed by atoms with Gasteiger partial charge in [-0.1, -0.05) is 18.2 Å². The van der Waals surface area contributed by atoms with Crippen LogP contribution in [0.25, 0.3) is 0 Å². The third-order valence-electron chi connectivity index (χ3n) is 4.71. The van der Waals surface area contributed by atoms with E-state index in [1.165, 1.54) is 10.6 Å². The Morgan fingerprint density at radius 2 is 1.57 bits per heavy atom. The quantitative estimate of drug-likeness (QED) is 0.849. The Balaban J connectivity index is 1.65. The van der Waals surface area contributed by atoms with E-state index in [4.69, 9.17) is 0 Å². The number of nitrogens with zero attached hydrogens (tertiary/aromatic N) is 2. The molecule has 1 fully saturated rings. The average molecular weight is 401 g/mol. The predicted molar refractivity (Wildman–Crippen MR) is 108 cm³/mol. The second-order valence-corrected chi connectivity index (χ2v) is 8.81. The van der Waals surface area contributed by atoms with Crippen LogP contribution in [-0.4, -0.2) is 61.4 Å². The van der Waals surface area contributed by atoms with Crippen LogP contribution in [0, 0.1) is 0 Å². The molecule has 0 radical (unpaired) electrons. The maximum absolute atomic E-state index is 12.7. The van der Waals surface area contributed by atoms with Crippen LogP contribution in [0.5, 0.6) is 0 Å². The fraction of sp³-hybridized carbons (Fsp3) is 0.300. The first-order valence-electron chi connectivity index (χ1n) is 8.98. The van der Waals surface area contributed by atoms with E-state index in [1.54, 1.807) is 48.2 Å². The number of benzene rings is 2. The molecule has 2 aromatic rings. The Morgan fingerprint density at radius 3 is 2.14 bits per heavy atom. The Labute approximate surface area is 165 Å². The van der Waals surface area contributed by atoms with Gasteiger partial charge in [-0.2, -0.15) is 4.31 Å². The standard InChI is InChI=1S/C20H23N3O4S/c1-15-14-22(12-13-23(15)28(2,26)27)20(25)17-10-8-16(9-11-17)19(24)21-18-6-4-3-5-7-18/h3-11,15H,12-14H2,1-2H3,(H,21,24)/t15-/m0/s1. The van der Waals surface area contributed by atoms with Crippen LogP contribution in [0.3, 0.4) is 0 Å². The first-order valence-corrected chi connectivity index (χ1v) is 10.8. The van der Waals surface area contributed by atoms with Gasteiger partial charge in [0, 0.05) is 42.5 Å². The van der Waals surface area contributed by atoms with Crippen molar-refractivity contribution in [2.45, 2.75) is 13.0 Å². The molecule has 0 bridgehead atoms. The minimum Gasteiger partial charge on any atom is -0.336 e.